The minimum absolute atomic E-state index is 0.0853. The van der Waals surface area contributed by atoms with Crippen LogP contribution < -0.4 is 15.4 Å². The first-order chi connectivity index (χ1) is 11.1. The Kier molecular flexibility index (Phi) is 7.15. The van der Waals surface area contributed by atoms with Crippen molar-refractivity contribution in [2.45, 2.75) is 26.4 Å². The Morgan fingerprint density at radius 3 is 2.87 bits per heavy atom. The predicted molar refractivity (Wildman–Crippen MR) is 93.2 cm³/mol. The first-order valence-corrected chi connectivity index (χ1v) is 8.57. The fourth-order valence-electron chi connectivity index (χ4n) is 2.54. The van der Waals surface area contributed by atoms with Crippen molar-refractivity contribution in [2.75, 3.05) is 39.3 Å². The normalized spacial score (nSPS) is 16.8. The molecule has 1 atom stereocenters. The zero-order chi connectivity index (χ0) is 16.7. The second kappa shape index (κ2) is 9.11. The van der Waals surface area contributed by atoms with E-state index >= 15 is 0 Å². The third-order valence-electron chi connectivity index (χ3n) is 3.97. The van der Waals surface area contributed by atoms with Crippen molar-refractivity contribution < 1.29 is 9.53 Å². The highest BCUT2D eigenvalue weighted by molar-refractivity contribution is 6.31. The van der Waals surface area contributed by atoms with Crippen LogP contribution in [0.4, 0.5) is 0 Å². The molecule has 2 N–H and O–H groups in total. The van der Waals surface area contributed by atoms with Gasteiger partial charge in [-0.15, -0.1) is 0 Å². The largest absolute Gasteiger partial charge is 0.481 e. The molecule has 23 heavy (non-hydrogen) atoms. The zero-order valence-corrected chi connectivity index (χ0v) is 14.7. The molecule has 1 fully saturated rings. The average molecular weight is 340 g/mol. The molecule has 0 bridgehead atoms. The first-order valence-electron chi connectivity index (χ1n) is 8.20. The second-order valence-electron chi connectivity index (χ2n) is 5.91. The van der Waals surface area contributed by atoms with E-state index in [2.05, 4.69) is 15.5 Å². The fourth-order valence-corrected chi connectivity index (χ4v) is 2.66. The van der Waals surface area contributed by atoms with Crippen LogP contribution in [0.15, 0.2) is 18.2 Å². The molecule has 1 aliphatic heterocycles. The van der Waals surface area contributed by atoms with E-state index in [-0.39, 0.29) is 5.91 Å². The molecular weight excluding hydrogens is 314 g/mol. The number of amides is 1. The molecule has 6 heteroatoms. The SMILES string of the molecule is Cc1cc(OC(C)C(=O)NCCCN2CCNCC2)ccc1Cl. The third kappa shape index (κ3) is 6.01. The number of benzene rings is 1. The highest BCUT2D eigenvalue weighted by Crippen LogP contribution is 2.21. The Morgan fingerprint density at radius 2 is 2.17 bits per heavy atom. The summed E-state index contributed by atoms with van der Waals surface area (Å²) in [6.45, 7) is 9.65. The first kappa shape index (κ1) is 18.0. The van der Waals surface area contributed by atoms with E-state index in [0.717, 1.165) is 44.7 Å². The van der Waals surface area contributed by atoms with Gasteiger partial charge >= 0.3 is 0 Å². The Morgan fingerprint density at radius 1 is 1.43 bits per heavy atom. The molecule has 1 aliphatic rings. The summed E-state index contributed by atoms with van der Waals surface area (Å²) >= 11 is 5.99. The molecule has 1 saturated heterocycles. The number of piperazine rings is 1. The van der Waals surface area contributed by atoms with Crippen molar-refractivity contribution in [1.29, 1.82) is 0 Å². The van der Waals surface area contributed by atoms with Crippen LogP contribution in [0.5, 0.6) is 5.75 Å². The van der Waals surface area contributed by atoms with Gasteiger partial charge in [0.05, 0.1) is 0 Å². The number of ether oxygens (including phenoxy) is 1. The highest BCUT2D eigenvalue weighted by Gasteiger charge is 2.15. The van der Waals surface area contributed by atoms with Crippen molar-refractivity contribution in [3.63, 3.8) is 0 Å². The van der Waals surface area contributed by atoms with E-state index in [1.54, 1.807) is 19.1 Å². The predicted octanol–water partition coefficient (Wildman–Crippen LogP) is 1.83. The van der Waals surface area contributed by atoms with Crippen LogP contribution >= 0.6 is 11.6 Å². The minimum atomic E-state index is -0.519. The number of hydrogen-bond acceptors (Lipinski definition) is 4. The molecule has 1 unspecified atom stereocenters. The molecular formula is C17H26ClN3O2. The lowest BCUT2D eigenvalue weighted by Gasteiger charge is -2.27. The minimum Gasteiger partial charge on any atom is -0.481 e. The lowest BCUT2D eigenvalue weighted by atomic mass is 10.2. The van der Waals surface area contributed by atoms with Crippen molar-refractivity contribution in [2.24, 2.45) is 0 Å². The number of aryl methyl sites for hydroxylation is 1. The Balaban J connectivity index is 1.66. The van der Waals surface area contributed by atoms with Crippen LogP contribution in [-0.2, 0) is 4.79 Å². The number of carbonyl (C=O) groups excluding carboxylic acids is 1. The van der Waals surface area contributed by atoms with Crippen LogP contribution in [0.1, 0.15) is 18.9 Å². The van der Waals surface area contributed by atoms with Gasteiger partial charge in [-0.3, -0.25) is 4.79 Å². The molecule has 0 radical (unpaired) electrons. The van der Waals surface area contributed by atoms with Gasteiger partial charge in [0, 0.05) is 37.7 Å². The number of halogens is 1. The topological polar surface area (TPSA) is 53.6 Å². The van der Waals surface area contributed by atoms with E-state index in [4.69, 9.17) is 16.3 Å². The summed E-state index contributed by atoms with van der Waals surface area (Å²) in [5.74, 6) is 0.577. The summed E-state index contributed by atoms with van der Waals surface area (Å²) in [5, 5.41) is 6.97. The van der Waals surface area contributed by atoms with Crippen LogP contribution in [-0.4, -0.2) is 56.2 Å². The second-order valence-corrected chi connectivity index (χ2v) is 6.31. The molecule has 1 heterocycles. The monoisotopic (exact) mass is 339 g/mol. The molecule has 0 aliphatic carbocycles. The maximum atomic E-state index is 12.1. The molecule has 0 aromatic heterocycles. The summed E-state index contributed by atoms with van der Waals surface area (Å²) in [6, 6.07) is 5.41. The van der Waals surface area contributed by atoms with Gasteiger partial charge in [-0.25, -0.2) is 0 Å². The summed E-state index contributed by atoms with van der Waals surface area (Å²) in [4.78, 5) is 14.5. The number of rotatable bonds is 7. The van der Waals surface area contributed by atoms with Gasteiger partial charge in [-0.2, -0.15) is 0 Å². The summed E-state index contributed by atoms with van der Waals surface area (Å²) in [7, 11) is 0. The summed E-state index contributed by atoms with van der Waals surface area (Å²) < 4.78 is 5.67. The zero-order valence-electron chi connectivity index (χ0n) is 13.9. The quantitative estimate of drug-likeness (QED) is 0.744. The van der Waals surface area contributed by atoms with Crippen molar-refractivity contribution >= 4 is 17.5 Å². The number of hydrogen-bond donors (Lipinski definition) is 2. The standard InChI is InChI=1S/C17H26ClN3O2/c1-13-12-15(4-5-16(13)18)23-14(2)17(22)20-6-3-9-21-10-7-19-8-11-21/h4-5,12,14,19H,3,6-11H2,1-2H3,(H,20,22). The van der Waals surface area contributed by atoms with E-state index in [1.807, 2.05) is 13.0 Å². The molecule has 1 aromatic carbocycles. The van der Waals surface area contributed by atoms with Gasteiger partial charge < -0.3 is 20.3 Å². The Bertz CT molecular complexity index is 519. The van der Waals surface area contributed by atoms with Crippen molar-refractivity contribution in [3.8, 4) is 5.75 Å². The van der Waals surface area contributed by atoms with E-state index in [0.29, 0.717) is 17.3 Å². The Labute approximate surface area is 143 Å². The van der Waals surface area contributed by atoms with Crippen LogP contribution in [0.25, 0.3) is 0 Å². The van der Waals surface area contributed by atoms with Gasteiger partial charge in [0.15, 0.2) is 6.10 Å². The van der Waals surface area contributed by atoms with Crippen molar-refractivity contribution in [1.82, 2.24) is 15.5 Å². The lowest BCUT2D eigenvalue weighted by Crippen LogP contribution is -2.44. The summed E-state index contributed by atoms with van der Waals surface area (Å²) in [6.07, 6.45) is 0.438. The molecule has 1 aromatic rings. The Hall–Kier alpha value is -1.30. The molecule has 1 amide bonds. The maximum absolute atomic E-state index is 12.1. The van der Waals surface area contributed by atoms with Crippen LogP contribution in [0.3, 0.4) is 0 Å². The number of carbonyl (C=O) groups is 1. The van der Waals surface area contributed by atoms with Gasteiger partial charge in [-0.05, 0) is 50.6 Å². The summed E-state index contributed by atoms with van der Waals surface area (Å²) in [5.41, 5.74) is 0.938. The molecule has 0 saturated carbocycles. The lowest BCUT2D eigenvalue weighted by molar-refractivity contribution is -0.127. The highest BCUT2D eigenvalue weighted by atomic mass is 35.5. The van der Waals surface area contributed by atoms with E-state index in [1.165, 1.54) is 0 Å². The molecule has 128 valence electrons. The van der Waals surface area contributed by atoms with Crippen molar-refractivity contribution in [3.05, 3.63) is 28.8 Å². The third-order valence-corrected chi connectivity index (χ3v) is 4.40. The average Bonchev–Trinajstić information content (AvgIpc) is 2.55. The molecule has 2 rings (SSSR count). The van der Waals surface area contributed by atoms with Crippen LogP contribution in [0, 0.1) is 6.92 Å². The van der Waals surface area contributed by atoms with Gasteiger partial charge in [0.25, 0.3) is 5.91 Å². The number of nitrogens with zero attached hydrogens (tertiary/aromatic N) is 1. The smallest absolute Gasteiger partial charge is 0.260 e. The van der Waals surface area contributed by atoms with E-state index in [9.17, 15) is 4.79 Å². The van der Waals surface area contributed by atoms with Gasteiger partial charge in [-0.1, -0.05) is 11.6 Å². The van der Waals surface area contributed by atoms with E-state index < -0.39 is 6.10 Å². The number of nitrogens with one attached hydrogen (secondary N) is 2. The molecule has 5 nitrogen and oxygen atoms in total. The maximum Gasteiger partial charge on any atom is 0.260 e. The van der Waals surface area contributed by atoms with Crippen LogP contribution in [0.2, 0.25) is 5.02 Å². The van der Waals surface area contributed by atoms with Gasteiger partial charge in [0.1, 0.15) is 5.75 Å². The van der Waals surface area contributed by atoms with Gasteiger partial charge in [0.2, 0.25) is 0 Å². The molecule has 0 spiro atoms. The fraction of sp³-hybridized carbons (Fsp3) is 0.588.